The molecule has 2 rings (SSSR count). The van der Waals surface area contributed by atoms with E-state index >= 15 is 0 Å². The summed E-state index contributed by atoms with van der Waals surface area (Å²) in [6.07, 6.45) is 7.59. The van der Waals surface area contributed by atoms with Crippen LogP contribution in [0.3, 0.4) is 0 Å². The molecule has 2 amide bonds. The molecule has 1 aromatic heterocycles. The normalized spacial score (nSPS) is 19.7. The third-order valence-corrected chi connectivity index (χ3v) is 8.95. The SMILES string of the molecule is C=C1C[I-]C(NC(=O)c2cnn(/C=C/C(C)(C)NC(=O)CC)c2OCC(C)C)C(CC)C1. The van der Waals surface area contributed by atoms with Gasteiger partial charge in [-0.3, -0.25) is 0 Å². The standard InChI is InChI=1S/C24H38IN4O3/c1-8-18-12-17(5)13-25-21(18)27-22(31)19-14-26-29(23(19)32-15-16(3)4)11-10-24(6,7)28-20(30)9-2/h10-11,14,16,18,21H,5,8-9,12-13,15H2,1-4,6-7H3,(H,27,31)(H,28,30)/q-1/b11-10+. The van der Waals surface area contributed by atoms with E-state index in [4.69, 9.17) is 4.74 Å². The Hall–Kier alpha value is -1.84. The van der Waals surface area contributed by atoms with Crippen molar-refractivity contribution in [3.8, 4) is 5.88 Å². The second-order valence-corrected chi connectivity index (χ2v) is 12.2. The first-order valence-electron chi connectivity index (χ1n) is 11.3. The number of halogens is 1. The zero-order chi connectivity index (χ0) is 23.9. The van der Waals surface area contributed by atoms with Crippen molar-refractivity contribution >= 4 is 18.0 Å². The summed E-state index contributed by atoms with van der Waals surface area (Å²) in [6, 6.07) is 0. The van der Waals surface area contributed by atoms with Crippen molar-refractivity contribution in [1.82, 2.24) is 20.4 Å². The number of rotatable bonds is 10. The summed E-state index contributed by atoms with van der Waals surface area (Å²) in [5.41, 5.74) is 1.20. The first kappa shape index (κ1) is 26.4. The molecule has 1 aromatic rings. The molecule has 2 N–H and O–H groups in total. The van der Waals surface area contributed by atoms with Crippen molar-refractivity contribution in [1.29, 1.82) is 0 Å². The summed E-state index contributed by atoms with van der Waals surface area (Å²) >= 11 is -0.173. The minimum absolute atomic E-state index is 0.0274. The summed E-state index contributed by atoms with van der Waals surface area (Å²) in [6.45, 7) is 16.6. The van der Waals surface area contributed by atoms with Crippen molar-refractivity contribution in [2.24, 2.45) is 11.8 Å². The third kappa shape index (κ3) is 7.64. The number of carbonyl (C=O) groups excluding carboxylic acids is 2. The van der Waals surface area contributed by atoms with Gasteiger partial charge in [-0.1, -0.05) is 6.92 Å². The number of ether oxygens (including phenoxy) is 1. The average molecular weight is 557 g/mol. The van der Waals surface area contributed by atoms with Crippen LogP contribution >= 0.6 is 0 Å². The van der Waals surface area contributed by atoms with Gasteiger partial charge in [0.2, 0.25) is 0 Å². The van der Waals surface area contributed by atoms with Gasteiger partial charge in [0.25, 0.3) is 0 Å². The van der Waals surface area contributed by atoms with E-state index in [0.717, 1.165) is 17.3 Å². The molecule has 0 radical (unpaired) electrons. The number of nitrogens with zero attached hydrogens (tertiary/aromatic N) is 2. The number of allylic oxidation sites excluding steroid dienone is 1. The zero-order valence-electron chi connectivity index (χ0n) is 20.2. The average Bonchev–Trinajstić information content (AvgIpc) is 3.14. The van der Waals surface area contributed by atoms with Gasteiger partial charge in [-0.2, -0.15) is 0 Å². The Balaban J connectivity index is 2.24. The van der Waals surface area contributed by atoms with Crippen molar-refractivity contribution in [2.75, 3.05) is 11.0 Å². The summed E-state index contributed by atoms with van der Waals surface area (Å²) in [7, 11) is 0. The number of aromatic nitrogens is 2. The zero-order valence-corrected chi connectivity index (χ0v) is 22.4. The van der Waals surface area contributed by atoms with Crippen molar-refractivity contribution in [2.45, 2.75) is 70.4 Å². The molecular formula is C24H38IN4O3-. The molecule has 0 aromatic carbocycles. The Morgan fingerprint density at radius 2 is 2.12 bits per heavy atom. The quantitative estimate of drug-likeness (QED) is 0.193. The van der Waals surface area contributed by atoms with Crippen LogP contribution in [0, 0.1) is 11.8 Å². The topological polar surface area (TPSA) is 85.3 Å². The molecule has 0 aliphatic carbocycles. The molecule has 1 saturated heterocycles. The molecule has 1 aliphatic heterocycles. The molecule has 32 heavy (non-hydrogen) atoms. The van der Waals surface area contributed by atoms with Crippen molar-refractivity contribution in [3.05, 3.63) is 30.0 Å². The molecule has 0 spiro atoms. The van der Waals surface area contributed by atoms with Gasteiger partial charge >= 0.3 is 196 Å². The van der Waals surface area contributed by atoms with Crippen LogP contribution in [-0.4, -0.2) is 42.2 Å². The molecule has 1 aliphatic rings. The fraction of sp³-hybridized carbons (Fsp3) is 0.625. The van der Waals surface area contributed by atoms with E-state index in [1.807, 2.05) is 26.8 Å². The molecule has 2 unspecified atom stereocenters. The second kappa shape index (κ2) is 11.9. The van der Waals surface area contributed by atoms with E-state index in [0.29, 0.717) is 36.3 Å². The molecule has 7 nitrogen and oxygen atoms in total. The van der Waals surface area contributed by atoms with Crippen LogP contribution in [0.2, 0.25) is 0 Å². The van der Waals surface area contributed by atoms with Gasteiger partial charge in [-0.25, -0.2) is 0 Å². The van der Waals surface area contributed by atoms with Crippen LogP contribution in [-0.2, 0) is 4.79 Å². The number of alkyl halides is 2. The number of hydrogen-bond acceptors (Lipinski definition) is 4. The van der Waals surface area contributed by atoms with Crippen LogP contribution in [0.15, 0.2) is 24.4 Å². The number of amides is 2. The maximum absolute atomic E-state index is 13.2. The minimum atomic E-state index is -0.555. The molecular weight excluding hydrogens is 519 g/mol. The Labute approximate surface area is 202 Å². The third-order valence-electron chi connectivity index (χ3n) is 5.15. The molecule has 1 fully saturated rings. The van der Waals surface area contributed by atoms with Crippen LogP contribution < -0.4 is 36.6 Å². The predicted octanol–water partition coefficient (Wildman–Crippen LogP) is 0.824. The van der Waals surface area contributed by atoms with Gasteiger partial charge in [-0.05, 0) is 0 Å². The van der Waals surface area contributed by atoms with E-state index in [1.54, 1.807) is 17.1 Å². The maximum atomic E-state index is 13.2. The van der Waals surface area contributed by atoms with E-state index in [-0.39, 0.29) is 37.1 Å². The van der Waals surface area contributed by atoms with E-state index < -0.39 is 5.54 Å². The summed E-state index contributed by atoms with van der Waals surface area (Å²) in [4.78, 5) is 25.0. The van der Waals surface area contributed by atoms with E-state index in [9.17, 15) is 9.59 Å². The van der Waals surface area contributed by atoms with Crippen LogP contribution in [0.1, 0.15) is 71.2 Å². The first-order valence-corrected chi connectivity index (χ1v) is 14.1. The van der Waals surface area contributed by atoms with Gasteiger partial charge in [-0.15, -0.1) is 0 Å². The van der Waals surface area contributed by atoms with E-state index in [2.05, 4.69) is 43.1 Å². The Kier molecular flexibility index (Phi) is 9.79. The number of hydrogen-bond donors (Lipinski definition) is 2. The van der Waals surface area contributed by atoms with Gasteiger partial charge < -0.3 is 0 Å². The molecule has 180 valence electrons. The summed E-state index contributed by atoms with van der Waals surface area (Å²) < 4.78 is 8.88. The molecule has 2 atom stereocenters. The number of nitrogens with one attached hydrogen (secondary N) is 2. The Morgan fingerprint density at radius 3 is 2.75 bits per heavy atom. The molecule has 8 heteroatoms. The second-order valence-electron chi connectivity index (χ2n) is 9.24. The van der Waals surface area contributed by atoms with Crippen LogP contribution in [0.25, 0.3) is 6.20 Å². The van der Waals surface area contributed by atoms with Crippen molar-refractivity contribution in [3.63, 3.8) is 0 Å². The van der Waals surface area contributed by atoms with Crippen LogP contribution in [0.4, 0.5) is 0 Å². The van der Waals surface area contributed by atoms with Gasteiger partial charge in [0, 0.05) is 0 Å². The summed E-state index contributed by atoms with van der Waals surface area (Å²) in [5.74, 6) is 1.01. The van der Waals surface area contributed by atoms with Gasteiger partial charge in [0.1, 0.15) is 0 Å². The Bertz CT molecular complexity index is 844. The molecule has 0 bridgehead atoms. The molecule has 2 heterocycles. The summed E-state index contributed by atoms with van der Waals surface area (Å²) in [5, 5.41) is 10.6. The van der Waals surface area contributed by atoms with Crippen molar-refractivity contribution < 1.29 is 35.5 Å². The monoisotopic (exact) mass is 557 g/mol. The fourth-order valence-electron chi connectivity index (χ4n) is 3.31. The first-order chi connectivity index (χ1) is 15.1. The van der Waals surface area contributed by atoms with Crippen LogP contribution in [0.5, 0.6) is 5.88 Å². The Morgan fingerprint density at radius 1 is 1.41 bits per heavy atom. The number of carbonyl (C=O) groups is 2. The fourth-order valence-corrected chi connectivity index (χ4v) is 6.70. The van der Waals surface area contributed by atoms with Gasteiger partial charge in [0.05, 0.1) is 0 Å². The molecule has 0 saturated carbocycles. The predicted molar refractivity (Wildman–Crippen MR) is 124 cm³/mol. The van der Waals surface area contributed by atoms with Gasteiger partial charge in [0.15, 0.2) is 0 Å². The van der Waals surface area contributed by atoms with E-state index in [1.165, 1.54) is 5.57 Å².